The minimum absolute atomic E-state index is 0.00305. The second kappa shape index (κ2) is 12.5. The third-order valence-electron chi connectivity index (χ3n) is 5.74. The van der Waals surface area contributed by atoms with E-state index in [2.05, 4.69) is 20.9 Å². The molecule has 0 bridgehead atoms. The molecule has 0 radical (unpaired) electrons. The Balaban J connectivity index is 1.80. The minimum atomic E-state index is -1.37. The summed E-state index contributed by atoms with van der Waals surface area (Å²) < 4.78 is 0. The van der Waals surface area contributed by atoms with Gasteiger partial charge in [0.1, 0.15) is 23.9 Å². The molecule has 0 aliphatic heterocycles. The van der Waals surface area contributed by atoms with Gasteiger partial charge in [-0.1, -0.05) is 30.3 Å². The third-order valence-corrected chi connectivity index (χ3v) is 5.74. The van der Waals surface area contributed by atoms with E-state index in [-0.39, 0.29) is 18.6 Å². The monoisotopic (exact) mass is 511 g/mol. The number of hydrogen-bond donors (Lipinski definition) is 8. The maximum atomic E-state index is 13.2. The first kappa shape index (κ1) is 27.2. The van der Waals surface area contributed by atoms with Crippen LogP contribution in [-0.4, -0.2) is 75.3 Å². The predicted molar refractivity (Wildman–Crippen MR) is 133 cm³/mol. The van der Waals surface area contributed by atoms with E-state index in [1.807, 2.05) is 24.3 Å². The number of hydrogen-bond acceptors (Lipinski definition) is 7. The summed E-state index contributed by atoms with van der Waals surface area (Å²) in [7, 11) is 0. The first-order chi connectivity index (χ1) is 17.7. The van der Waals surface area contributed by atoms with E-state index in [1.54, 1.807) is 18.3 Å². The molecule has 0 aliphatic rings. The molecule has 0 spiro atoms. The molecular weight excluding hydrogens is 482 g/mol. The highest BCUT2D eigenvalue weighted by atomic mass is 16.4. The average molecular weight is 512 g/mol. The highest BCUT2D eigenvalue weighted by molar-refractivity contribution is 5.94. The Morgan fingerprint density at radius 3 is 2.16 bits per heavy atom. The van der Waals surface area contributed by atoms with Crippen molar-refractivity contribution in [3.8, 4) is 5.75 Å². The number of fused-ring (bicyclic) bond motifs is 1. The van der Waals surface area contributed by atoms with E-state index in [0.29, 0.717) is 11.1 Å². The van der Waals surface area contributed by atoms with Gasteiger partial charge in [0.05, 0.1) is 13.2 Å². The zero-order chi connectivity index (χ0) is 26.9. The number of nitrogens with two attached hydrogens (primary N) is 1. The van der Waals surface area contributed by atoms with E-state index in [4.69, 9.17) is 5.73 Å². The lowest BCUT2D eigenvalue weighted by Gasteiger charge is -2.24. The molecule has 1 aromatic heterocycles. The topological polar surface area (TPSA) is 207 Å². The van der Waals surface area contributed by atoms with Gasteiger partial charge in [-0.25, -0.2) is 4.79 Å². The van der Waals surface area contributed by atoms with Crippen LogP contribution in [0.25, 0.3) is 10.9 Å². The van der Waals surface area contributed by atoms with Gasteiger partial charge in [-0.2, -0.15) is 0 Å². The lowest BCUT2D eigenvalue weighted by Crippen LogP contribution is -2.57. The molecule has 0 fully saturated rings. The normalized spacial score (nSPS) is 13.4. The number of para-hydroxylation sites is 1. The van der Waals surface area contributed by atoms with Crippen molar-refractivity contribution in [2.45, 2.75) is 31.0 Å². The van der Waals surface area contributed by atoms with E-state index in [9.17, 15) is 34.5 Å². The number of carboxylic acid groups (broad SMARTS) is 1. The standard InChI is InChI=1S/C25H29N5O7/c26-11-22(33)28-21(13-31)24(35)29-19(9-14-5-7-16(32)8-6-14)23(34)30-20(25(36)37)10-15-12-27-18-4-2-1-3-17(15)18/h1-8,12,19-21,27,31-32H,9-11,13,26H2,(H,28,33)(H,29,35)(H,30,34)(H,36,37). The molecule has 3 amide bonds. The van der Waals surface area contributed by atoms with Crippen molar-refractivity contribution in [1.29, 1.82) is 0 Å². The second-order valence-electron chi connectivity index (χ2n) is 8.40. The van der Waals surface area contributed by atoms with Crippen LogP contribution in [0.5, 0.6) is 5.75 Å². The second-order valence-corrected chi connectivity index (χ2v) is 8.40. The van der Waals surface area contributed by atoms with Crippen molar-refractivity contribution in [2.24, 2.45) is 5.73 Å². The summed E-state index contributed by atoms with van der Waals surface area (Å²) in [5.41, 5.74) is 7.31. The van der Waals surface area contributed by atoms with Crippen molar-refractivity contribution in [3.05, 3.63) is 65.9 Å². The van der Waals surface area contributed by atoms with Crippen molar-refractivity contribution >= 4 is 34.6 Å². The van der Waals surface area contributed by atoms with Gasteiger partial charge >= 0.3 is 5.97 Å². The number of rotatable bonds is 12. The molecule has 3 rings (SSSR count). The fraction of sp³-hybridized carbons (Fsp3) is 0.280. The number of phenols is 1. The lowest BCUT2D eigenvalue weighted by atomic mass is 10.0. The van der Waals surface area contributed by atoms with Crippen LogP contribution in [0.4, 0.5) is 0 Å². The number of phenolic OH excluding ortho intramolecular Hbond substituents is 1. The Kier molecular flexibility index (Phi) is 9.19. The molecule has 9 N–H and O–H groups in total. The van der Waals surface area contributed by atoms with Crippen molar-refractivity contribution < 1.29 is 34.5 Å². The summed E-state index contributed by atoms with van der Waals surface area (Å²) in [6, 6.07) is 9.29. The SMILES string of the molecule is NCC(=O)NC(CO)C(=O)NC(Cc1ccc(O)cc1)C(=O)NC(Cc1c[nH]c2ccccc12)C(=O)O. The molecule has 196 valence electrons. The number of aromatic nitrogens is 1. The molecule has 1 heterocycles. The number of aliphatic hydroxyl groups excluding tert-OH is 1. The number of benzene rings is 2. The van der Waals surface area contributed by atoms with E-state index in [0.717, 1.165) is 10.9 Å². The molecule has 12 nitrogen and oxygen atoms in total. The van der Waals surface area contributed by atoms with Gasteiger partial charge in [-0.05, 0) is 29.3 Å². The molecular formula is C25H29N5O7. The highest BCUT2D eigenvalue weighted by Crippen LogP contribution is 2.19. The molecule has 0 saturated carbocycles. The number of nitrogens with one attached hydrogen (secondary N) is 4. The van der Waals surface area contributed by atoms with E-state index >= 15 is 0 Å². The summed E-state index contributed by atoms with van der Waals surface area (Å²) in [6.07, 6.45) is 1.60. The number of aliphatic carboxylic acids is 1. The number of aromatic amines is 1. The molecule has 3 aromatic rings. The Morgan fingerprint density at radius 2 is 1.51 bits per heavy atom. The summed E-state index contributed by atoms with van der Waals surface area (Å²) in [5.74, 6) is -3.58. The Labute approximate surface area is 211 Å². The number of H-pyrrole nitrogens is 1. The number of carbonyl (C=O) groups excluding carboxylic acids is 3. The Bertz CT molecular complexity index is 1260. The van der Waals surface area contributed by atoms with E-state index < -0.39 is 55.0 Å². The van der Waals surface area contributed by atoms with Crippen molar-refractivity contribution in [3.63, 3.8) is 0 Å². The molecule has 3 unspecified atom stereocenters. The number of amides is 3. The van der Waals surface area contributed by atoms with Gasteiger partial charge < -0.3 is 42.0 Å². The van der Waals surface area contributed by atoms with Crippen LogP contribution in [0.2, 0.25) is 0 Å². The van der Waals surface area contributed by atoms with Gasteiger partial charge in [0.25, 0.3) is 0 Å². The smallest absolute Gasteiger partial charge is 0.326 e. The zero-order valence-electron chi connectivity index (χ0n) is 19.8. The third kappa shape index (κ3) is 7.29. The van der Waals surface area contributed by atoms with Crippen LogP contribution in [0.15, 0.2) is 54.7 Å². The molecule has 12 heteroatoms. The largest absolute Gasteiger partial charge is 0.508 e. The summed E-state index contributed by atoms with van der Waals surface area (Å²) in [6.45, 7) is -1.15. The summed E-state index contributed by atoms with van der Waals surface area (Å²) in [5, 5.41) is 36.9. The van der Waals surface area contributed by atoms with Crippen molar-refractivity contribution in [1.82, 2.24) is 20.9 Å². The Morgan fingerprint density at radius 1 is 0.865 bits per heavy atom. The fourth-order valence-electron chi connectivity index (χ4n) is 3.79. The first-order valence-corrected chi connectivity index (χ1v) is 11.5. The maximum Gasteiger partial charge on any atom is 0.326 e. The first-order valence-electron chi connectivity index (χ1n) is 11.5. The van der Waals surface area contributed by atoms with E-state index in [1.165, 1.54) is 12.1 Å². The van der Waals surface area contributed by atoms with Gasteiger partial charge in [0, 0.05) is 29.9 Å². The summed E-state index contributed by atoms with van der Waals surface area (Å²) in [4.78, 5) is 52.6. The molecule has 0 aliphatic carbocycles. The molecule has 0 saturated heterocycles. The quantitative estimate of drug-likeness (QED) is 0.153. The van der Waals surface area contributed by atoms with Crippen molar-refractivity contribution in [2.75, 3.05) is 13.2 Å². The van der Waals surface area contributed by atoms with Crippen LogP contribution >= 0.6 is 0 Å². The van der Waals surface area contributed by atoms with Crippen LogP contribution in [0.1, 0.15) is 11.1 Å². The van der Waals surface area contributed by atoms with Gasteiger partial charge in [0.15, 0.2) is 0 Å². The minimum Gasteiger partial charge on any atom is -0.508 e. The van der Waals surface area contributed by atoms with Gasteiger partial charge in [-0.3, -0.25) is 14.4 Å². The maximum absolute atomic E-state index is 13.2. The van der Waals surface area contributed by atoms with Gasteiger partial charge in [0.2, 0.25) is 17.7 Å². The molecule has 2 aromatic carbocycles. The van der Waals surface area contributed by atoms with Crippen LogP contribution in [0.3, 0.4) is 0 Å². The highest BCUT2D eigenvalue weighted by Gasteiger charge is 2.30. The van der Waals surface area contributed by atoms with Crippen LogP contribution < -0.4 is 21.7 Å². The fourth-order valence-corrected chi connectivity index (χ4v) is 3.79. The van der Waals surface area contributed by atoms with Gasteiger partial charge in [-0.15, -0.1) is 0 Å². The lowest BCUT2D eigenvalue weighted by molar-refractivity contribution is -0.142. The molecule has 3 atom stereocenters. The van der Waals surface area contributed by atoms with Crippen LogP contribution in [0, 0.1) is 0 Å². The summed E-state index contributed by atoms with van der Waals surface area (Å²) >= 11 is 0. The predicted octanol–water partition coefficient (Wildman–Crippen LogP) is -0.851. The van der Waals surface area contributed by atoms with Crippen LogP contribution in [-0.2, 0) is 32.0 Å². The number of aliphatic hydroxyl groups is 1. The molecule has 37 heavy (non-hydrogen) atoms. The number of carboxylic acids is 1. The zero-order valence-corrected chi connectivity index (χ0v) is 19.8. The number of carbonyl (C=O) groups is 4. The average Bonchev–Trinajstić information content (AvgIpc) is 3.30. The number of aromatic hydroxyl groups is 1. The Hall–Kier alpha value is -4.42.